The minimum Gasteiger partial charge on any atom is -0.492 e. The summed E-state index contributed by atoms with van der Waals surface area (Å²) in [7, 11) is 1.67. The van der Waals surface area contributed by atoms with E-state index >= 15 is 0 Å². The molecule has 0 heterocycles. The normalized spacial score (nSPS) is 10.4. The summed E-state index contributed by atoms with van der Waals surface area (Å²) in [4.78, 5) is 0. The largest absolute Gasteiger partial charge is 0.492 e. The van der Waals surface area contributed by atoms with E-state index in [-0.39, 0.29) is 0 Å². The van der Waals surface area contributed by atoms with E-state index in [2.05, 4.69) is 66.0 Å². The maximum absolute atomic E-state index is 5.69. The van der Waals surface area contributed by atoms with Crippen LogP contribution in [0.2, 0.25) is 0 Å². The molecule has 0 amide bonds. The molecule has 2 rings (SSSR count). The molecule has 0 bridgehead atoms. The fourth-order valence-corrected chi connectivity index (χ4v) is 3.19. The molecule has 22 heavy (non-hydrogen) atoms. The Bertz CT molecular complexity index is 656. The third kappa shape index (κ3) is 4.06. The monoisotopic (exact) mass is 411 g/mol. The first-order chi connectivity index (χ1) is 10.5. The number of benzene rings is 2. The average Bonchev–Trinajstić information content (AvgIpc) is 2.48. The molecule has 0 fully saturated rings. The zero-order valence-corrected chi connectivity index (χ0v) is 15.7. The van der Waals surface area contributed by atoms with Gasteiger partial charge in [0.05, 0.1) is 17.3 Å². The van der Waals surface area contributed by atoms with Crippen molar-refractivity contribution in [3.8, 4) is 11.5 Å². The molecule has 0 aliphatic rings. The fourth-order valence-electron chi connectivity index (χ4n) is 2.31. The van der Waals surface area contributed by atoms with Gasteiger partial charge in [0.1, 0.15) is 0 Å². The summed E-state index contributed by atoms with van der Waals surface area (Å²) in [5, 5.41) is 3.50. The highest BCUT2D eigenvalue weighted by molar-refractivity contribution is 14.1. The third-order valence-corrected chi connectivity index (χ3v) is 4.25. The van der Waals surface area contributed by atoms with Gasteiger partial charge in [-0.15, -0.1) is 0 Å². The van der Waals surface area contributed by atoms with Crippen molar-refractivity contribution in [1.82, 2.24) is 0 Å². The first-order valence-electron chi connectivity index (χ1n) is 7.35. The lowest BCUT2D eigenvalue weighted by atomic mass is 10.1. The number of rotatable bonds is 6. The molecule has 1 N–H and O–H groups in total. The number of anilines is 1. The van der Waals surface area contributed by atoms with Crippen molar-refractivity contribution in [2.45, 2.75) is 27.3 Å². The molecule has 0 aliphatic carbocycles. The highest BCUT2D eigenvalue weighted by Crippen LogP contribution is 2.34. The Morgan fingerprint density at radius 3 is 2.59 bits per heavy atom. The van der Waals surface area contributed by atoms with E-state index in [0.717, 1.165) is 21.6 Å². The predicted molar refractivity (Wildman–Crippen MR) is 100 cm³/mol. The highest BCUT2D eigenvalue weighted by Gasteiger charge is 2.11. The summed E-state index contributed by atoms with van der Waals surface area (Å²) < 4.78 is 12.2. The molecular weight excluding hydrogens is 389 g/mol. The second-order valence-electron chi connectivity index (χ2n) is 5.21. The molecule has 2 aromatic carbocycles. The van der Waals surface area contributed by atoms with Crippen LogP contribution in [0.4, 0.5) is 5.69 Å². The summed E-state index contributed by atoms with van der Waals surface area (Å²) in [6, 6.07) is 10.6. The molecule has 0 saturated carbocycles. The fraction of sp³-hybridized carbons (Fsp3) is 0.333. The van der Waals surface area contributed by atoms with E-state index in [9.17, 15) is 0 Å². The topological polar surface area (TPSA) is 30.5 Å². The van der Waals surface area contributed by atoms with Crippen molar-refractivity contribution >= 4 is 28.3 Å². The van der Waals surface area contributed by atoms with Gasteiger partial charge < -0.3 is 14.8 Å². The zero-order chi connectivity index (χ0) is 16.1. The Morgan fingerprint density at radius 2 is 1.91 bits per heavy atom. The van der Waals surface area contributed by atoms with Gasteiger partial charge in [-0.3, -0.25) is 0 Å². The molecule has 3 nitrogen and oxygen atoms in total. The predicted octanol–water partition coefficient (Wildman–Crippen LogP) is 4.93. The van der Waals surface area contributed by atoms with E-state index in [4.69, 9.17) is 9.47 Å². The summed E-state index contributed by atoms with van der Waals surface area (Å²) in [5.74, 6) is 1.60. The number of aryl methyl sites for hydroxylation is 2. The molecule has 118 valence electrons. The second kappa shape index (κ2) is 7.72. The summed E-state index contributed by atoms with van der Waals surface area (Å²) in [6.45, 7) is 7.58. The third-order valence-electron chi connectivity index (χ3n) is 3.45. The molecule has 0 saturated heterocycles. The number of methoxy groups -OCH3 is 1. The lowest BCUT2D eigenvalue weighted by Crippen LogP contribution is -2.04. The van der Waals surface area contributed by atoms with Gasteiger partial charge in [-0.1, -0.05) is 12.1 Å². The van der Waals surface area contributed by atoms with E-state index in [1.54, 1.807) is 7.11 Å². The highest BCUT2D eigenvalue weighted by atomic mass is 127. The van der Waals surface area contributed by atoms with Crippen LogP contribution in [0.1, 0.15) is 23.6 Å². The van der Waals surface area contributed by atoms with Gasteiger partial charge in [-0.25, -0.2) is 0 Å². The Morgan fingerprint density at radius 1 is 1.14 bits per heavy atom. The van der Waals surface area contributed by atoms with Gasteiger partial charge in [-0.2, -0.15) is 0 Å². The van der Waals surface area contributed by atoms with Gasteiger partial charge in [-0.05, 0) is 78.3 Å². The maximum Gasteiger partial charge on any atom is 0.174 e. The van der Waals surface area contributed by atoms with Crippen molar-refractivity contribution in [1.29, 1.82) is 0 Å². The van der Waals surface area contributed by atoms with Gasteiger partial charge in [0, 0.05) is 12.2 Å². The Hall–Kier alpha value is -1.43. The van der Waals surface area contributed by atoms with Crippen LogP contribution in [-0.4, -0.2) is 13.7 Å². The first-order valence-corrected chi connectivity index (χ1v) is 8.43. The molecule has 0 unspecified atom stereocenters. The van der Waals surface area contributed by atoms with Crippen LogP contribution < -0.4 is 14.8 Å². The van der Waals surface area contributed by atoms with Crippen molar-refractivity contribution in [2.24, 2.45) is 0 Å². The van der Waals surface area contributed by atoms with Crippen LogP contribution in [0.25, 0.3) is 0 Å². The minimum atomic E-state index is 0.625. The Labute approximate surface area is 146 Å². The number of hydrogen-bond acceptors (Lipinski definition) is 3. The van der Waals surface area contributed by atoms with Crippen LogP contribution in [0.5, 0.6) is 11.5 Å². The van der Waals surface area contributed by atoms with Crippen LogP contribution >= 0.6 is 22.6 Å². The molecule has 0 aromatic heterocycles. The van der Waals surface area contributed by atoms with E-state index in [1.807, 2.05) is 13.0 Å². The van der Waals surface area contributed by atoms with Crippen LogP contribution in [0.3, 0.4) is 0 Å². The van der Waals surface area contributed by atoms with Gasteiger partial charge >= 0.3 is 0 Å². The summed E-state index contributed by atoms with van der Waals surface area (Å²) in [5.41, 5.74) is 4.85. The number of nitrogens with one attached hydrogen (secondary N) is 1. The molecule has 2 aromatic rings. The summed E-state index contributed by atoms with van der Waals surface area (Å²) in [6.07, 6.45) is 0. The zero-order valence-electron chi connectivity index (χ0n) is 13.5. The standard InChI is InChI=1S/C18H22INO2/c1-5-22-17-10-14(9-15(19)18(17)21-4)11-20-16-8-12(2)6-7-13(16)3/h6-10,20H,5,11H2,1-4H3. The smallest absolute Gasteiger partial charge is 0.174 e. The van der Waals surface area contributed by atoms with Crippen LogP contribution in [0, 0.1) is 17.4 Å². The van der Waals surface area contributed by atoms with E-state index in [1.165, 1.54) is 22.4 Å². The second-order valence-corrected chi connectivity index (χ2v) is 6.38. The van der Waals surface area contributed by atoms with Gasteiger partial charge in [0.2, 0.25) is 0 Å². The van der Waals surface area contributed by atoms with Crippen molar-refractivity contribution in [2.75, 3.05) is 19.0 Å². The Balaban J connectivity index is 2.21. The lowest BCUT2D eigenvalue weighted by molar-refractivity contribution is 0.309. The molecule has 0 aliphatic heterocycles. The van der Waals surface area contributed by atoms with Crippen LogP contribution in [-0.2, 0) is 6.54 Å². The van der Waals surface area contributed by atoms with Crippen LogP contribution in [0.15, 0.2) is 30.3 Å². The minimum absolute atomic E-state index is 0.625. The molecule has 0 radical (unpaired) electrons. The van der Waals surface area contributed by atoms with Crippen molar-refractivity contribution in [3.05, 3.63) is 50.6 Å². The Kier molecular flexibility index (Phi) is 5.94. The van der Waals surface area contributed by atoms with E-state index in [0.29, 0.717) is 6.61 Å². The van der Waals surface area contributed by atoms with Crippen molar-refractivity contribution in [3.63, 3.8) is 0 Å². The first kappa shape index (κ1) is 16.9. The van der Waals surface area contributed by atoms with Gasteiger partial charge in [0.25, 0.3) is 0 Å². The molecule has 0 atom stereocenters. The molecular formula is C18H22INO2. The number of halogens is 1. The van der Waals surface area contributed by atoms with E-state index < -0.39 is 0 Å². The van der Waals surface area contributed by atoms with Gasteiger partial charge in [0.15, 0.2) is 11.5 Å². The SMILES string of the molecule is CCOc1cc(CNc2cc(C)ccc2C)cc(I)c1OC. The summed E-state index contributed by atoms with van der Waals surface area (Å²) >= 11 is 2.28. The molecule has 4 heteroatoms. The number of ether oxygens (including phenoxy) is 2. The quantitative estimate of drug-likeness (QED) is 0.684. The van der Waals surface area contributed by atoms with Crippen molar-refractivity contribution < 1.29 is 9.47 Å². The average molecular weight is 411 g/mol. The lowest BCUT2D eigenvalue weighted by Gasteiger charge is -2.15. The number of hydrogen-bond donors (Lipinski definition) is 1. The maximum atomic E-state index is 5.69. The molecule has 0 spiro atoms.